The monoisotopic (exact) mass is 451 g/mol. The van der Waals surface area contributed by atoms with Gasteiger partial charge in [0, 0.05) is 27.3 Å². The number of rotatable bonds is 7. The summed E-state index contributed by atoms with van der Waals surface area (Å²) < 4.78 is 14.3. The van der Waals surface area contributed by atoms with Crippen LogP contribution >= 0.6 is 15.9 Å². The summed E-state index contributed by atoms with van der Waals surface area (Å²) in [5.41, 5.74) is 1.59. The second-order valence-electron chi connectivity index (χ2n) is 6.78. The van der Waals surface area contributed by atoms with Crippen LogP contribution in [0.3, 0.4) is 0 Å². The number of carbonyl (C=O) groups excluding carboxylic acids is 1. The molecule has 0 aliphatic rings. The predicted octanol–water partition coefficient (Wildman–Crippen LogP) is 6.20. The van der Waals surface area contributed by atoms with E-state index >= 15 is 0 Å². The quantitative estimate of drug-likeness (QED) is 0.248. The highest BCUT2D eigenvalue weighted by atomic mass is 79.9. The number of aromatic nitrogens is 1. The van der Waals surface area contributed by atoms with Crippen molar-refractivity contribution >= 4 is 43.6 Å². The van der Waals surface area contributed by atoms with Crippen LogP contribution in [0.5, 0.6) is 5.75 Å². The molecule has 0 bridgehead atoms. The highest BCUT2D eigenvalue weighted by molar-refractivity contribution is 9.10. The maximum absolute atomic E-state index is 12.4. The molecule has 0 saturated carbocycles. The van der Waals surface area contributed by atoms with Gasteiger partial charge in [-0.05, 0) is 49.1 Å². The maximum atomic E-state index is 12.4. The Labute approximate surface area is 178 Å². The fraction of sp³-hybridized carbons (Fsp3) is 0.208. The van der Waals surface area contributed by atoms with Crippen molar-refractivity contribution in [3.8, 4) is 5.75 Å². The van der Waals surface area contributed by atoms with E-state index in [0.717, 1.165) is 38.3 Å². The van der Waals surface area contributed by atoms with Gasteiger partial charge in [-0.3, -0.25) is 0 Å². The first kappa shape index (κ1) is 19.5. The zero-order chi connectivity index (χ0) is 20.2. The van der Waals surface area contributed by atoms with E-state index in [1.54, 1.807) is 0 Å². The number of hydrogen-bond acceptors (Lipinski definition) is 3. The average molecular weight is 452 g/mol. The first-order valence-corrected chi connectivity index (χ1v) is 10.5. The largest absolute Gasteiger partial charge is 0.493 e. The lowest BCUT2D eigenvalue weighted by molar-refractivity contribution is 0.0514. The molecule has 0 spiro atoms. The fourth-order valence-electron chi connectivity index (χ4n) is 3.58. The minimum Gasteiger partial charge on any atom is -0.493 e. The fourth-order valence-corrected chi connectivity index (χ4v) is 3.96. The number of carbonyl (C=O) groups is 1. The van der Waals surface area contributed by atoms with E-state index < -0.39 is 0 Å². The Morgan fingerprint density at radius 3 is 2.69 bits per heavy atom. The molecular weight excluding hydrogens is 430 g/mol. The summed E-state index contributed by atoms with van der Waals surface area (Å²) in [6.45, 7) is 3.41. The Morgan fingerprint density at radius 1 is 1.00 bits per heavy atom. The van der Waals surface area contributed by atoms with E-state index in [9.17, 15) is 4.79 Å². The molecule has 0 aliphatic heterocycles. The molecule has 0 amide bonds. The van der Waals surface area contributed by atoms with Crippen LogP contribution in [0.15, 0.2) is 71.2 Å². The van der Waals surface area contributed by atoms with Gasteiger partial charge in [-0.2, -0.15) is 0 Å². The molecule has 29 heavy (non-hydrogen) atoms. The van der Waals surface area contributed by atoms with Crippen molar-refractivity contribution in [3.63, 3.8) is 0 Å². The summed E-state index contributed by atoms with van der Waals surface area (Å²) in [5.74, 6) is 0.588. The topological polar surface area (TPSA) is 40.5 Å². The zero-order valence-electron chi connectivity index (χ0n) is 16.2. The summed E-state index contributed by atoms with van der Waals surface area (Å²) in [4.78, 5) is 12.4. The third-order valence-corrected chi connectivity index (χ3v) is 5.37. The molecule has 5 heteroatoms. The second kappa shape index (κ2) is 8.70. The number of aryl methyl sites for hydroxylation is 1. The summed E-state index contributed by atoms with van der Waals surface area (Å²) in [6.07, 6.45) is 0.773. The van der Waals surface area contributed by atoms with Gasteiger partial charge in [0.05, 0.1) is 13.2 Å². The predicted molar refractivity (Wildman–Crippen MR) is 120 cm³/mol. The van der Waals surface area contributed by atoms with E-state index in [1.807, 2.05) is 60.0 Å². The zero-order valence-corrected chi connectivity index (χ0v) is 17.8. The van der Waals surface area contributed by atoms with Gasteiger partial charge in [-0.1, -0.05) is 52.3 Å². The molecule has 0 N–H and O–H groups in total. The van der Waals surface area contributed by atoms with Gasteiger partial charge in [0.2, 0.25) is 0 Å². The van der Waals surface area contributed by atoms with E-state index in [0.29, 0.717) is 25.5 Å². The summed E-state index contributed by atoms with van der Waals surface area (Å²) in [7, 11) is 0. The number of fused-ring (bicyclic) bond motifs is 2. The molecule has 1 aromatic heterocycles. The molecular formula is C24H22BrNO3. The highest BCUT2D eigenvalue weighted by Crippen LogP contribution is 2.27. The van der Waals surface area contributed by atoms with Gasteiger partial charge in [-0.25, -0.2) is 4.79 Å². The molecule has 4 nitrogen and oxygen atoms in total. The maximum Gasteiger partial charge on any atom is 0.354 e. The Kier molecular flexibility index (Phi) is 5.86. The molecule has 0 atom stereocenters. The normalized spacial score (nSPS) is 11.1. The number of esters is 1. The molecule has 0 saturated heterocycles. The van der Waals surface area contributed by atoms with E-state index in [2.05, 4.69) is 34.1 Å². The molecule has 3 aromatic carbocycles. The van der Waals surface area contributed by atoms with E-state index in [-0.39, 0.29) is 5.97 Å². The number of hydrogen-bond donors (Lipinski definition) is 0. The van der Waals surface area contributed by atoms with Crippen LogP contribution in [0.1, 0.15) is 23.8 Å². The van der Waals surface area contributed by atoms with Crippen molar-refractivity contribution in [3.05, 3.63) is 76.9 Å². The van der Waals surface area contributed by atoms with Crippen molar-refractivity contribution in [2.75, 3.05) is 13.2 Å². The summed E-state index contributed by atoms with van der Waals surface area (Å²) in [6, 6.07) is 22.2. The van der Waals surface area contributed by atoms with Crippen LogP contribution in [-0.2, 0) is 11.3 Å². The molecule has 148 valence electrons. The average Bonchev–Trinajstić information content (AvgIpc) is 3.09. The lowest BCUT2D eigenvalue weighted by Crippen LogP contribution is -2.13. The third kappa shape index (κ3) is 4.15. The Hall–Kier alpha value is -2.79. The van der Waals surface area contributed by atoms with Crippen molar-refractivity contribution < 1.29 is 14.3 Å². The Bertz CT molecular complexity index is 1160. The minimum atomic E-state index is -0.296. The molecule has 0 unspecified atom stereocenters. The number of nitrogens with zero attached hydrogens (tertiary/aromatic N) is 1. The van der Waals surface area contributed by atoms with Gasteiger partial charge in [0.25, 0.3) is 0 Å². The van der Waals surface area contributed by atoms with Gasteiger partial charge >= 0.3 is 5.97 Å². The SMILES string of the molecule is CCOC(=O)c1cc2cc(Br)ccc2n1CCCOc1cccc2ccccc12. The van der Waals surface area contributed by atoms with Gasteiger partial charge < -0.3 is 14.0 Å². The smallest absolute Gasteiger partial charge is 0.354 e. The molecule has 0 radical (unpaired) electrons. The standard InChI is InChI=1S/C24H22BrNO3/c1-2-28-24(27)22-16-18-15-19(25)11-12-21(18)26(22)13-6-14-29-23-10-5-8-17-7-3-4-9-20(17)23/h3-5,7-12,15-16H,2,6,13-14H2,1H3. The van der Waals surface area contributed by atoms with Crippen molar-refractivity contribution in [1.29, 1.82) is 0 Å². The van der Waals surface area contributed by atoms with Gasteiger partial charge in [0.15, 0.2) is 0 Å². The first-order valence-electron chi connectivity index (χ1n) is 9.74. The molecule has 4 rings (SSSR count). The molecule has 1 heterocycles. The van der Waals surface area contributed by atoms with Crippen LogP contribution in [0.25, 0.3) is 21.7 Å². The molecule has 0 aliphatic carbocycles. The number of ether oxygens (including phenoxy) is 2. The first-order chi connectivity index (χ1) is 14.2. The van der Waals surface area contributed by atoms with Crippen molar-refractivity contribution in [1.82, 2.24) is 4.57 Å². The summed E-state index contributed by atoms with van der Waals surface area (Å²) >= 11 is 3.50. The third-order valence-electron chi connectivity index (χ3n) is 4.88. The van der Waals surface area contributed by atoms with Crippen LogP contribution in [0, 0.1) is 0 Å². The van der Waals surface area contributed by atoms with E-state index in [1.165, 1.54) is 0 Å². The van der Waals surface area contributed by atoms with Crippen molar-refractivity contribution in [2.24, 2.45) is 0 Å². The van der Waals surface area contributed by atoms with E-state index in [4.69, 9.17) is 9.47 Å². The second-order valence-corrected chi connectivity index (χ2v) is 7.70. The Morgan fingerprint density at radius 2 is 1.83 bits per heavy atom. The van der Waals surface area contributed by atoms with Crippen LogP contribution < -0.4 is 4.74 Å². The number of benzene rings is 3. The lowest BCUT2D eigenvalue weighted by Gasteiger charge is -2.12. The van der Waals surface area contributed by atoms with Gasteiger partial charge in [-0.15, -0.1) is 0 Å². The highest BCUT2D eigenvalue weighted by Gasteiger charge is 2.16. The minimum absolute atomic E-state index is 0.296. The molecule has 4 aromatic rings. The number of halogens is 1. The summed E-state index contributed by atoms with van der Waals surface area (Å²) in [5, 5.41) is 3.28. The lowest BCUT2D eigenvalue weighted by atomic mass is 10.1. The van der Waals surface area contributed by atoms with Crippen LogP contribution in [0.2, 0.25) is 0 Å². The van der Waals surface area contributed by atoms with Crippen LogP contribution in [0.4, 0.5) is 0 Å². The van der Waals surface area contributed by atoms with Crippen molar-refractivity contribution in [2.45, 2.75) is 19.9 Å². The van der Waals surface area contributed by atoms with Crippen LogP contribution in [-0.4, -0.2) is 23.8 Å². The van der Waals surface area contributed by atoms with Gasteiger partial charge in [0.1, 0.15) is 11.4 Å². The molecule has 0 fully saturated rings. The Balaban J connectivity index is 1.51.